The molecule has 62 valence electrons. The van der Waals surface area contributed by atoms with E-state index in [0.29, 0.717) is 0 Å². The molecule has 1 rings (SSSR count). The molecule has 0 unspecified atom stereocenters. The highest BCUT2D eigenvalue weighted by Gasteiger charge is 2.19. The average molecular weight is 155 g/mol. The van der Waals surface area contributed by atoms with E-state index in [2.05, 4.69) is 25.3 Å². The molecule has 0 saturated heterocycles. The van der Waals surface area contributed by atoms with Gasteiger partial charge in [0.1, 0.15) is 6.54 Å². The van der Waals surface area contributed by atoms with Crippen molar-refractivity contribution in [3.05, 3.63) is 11.6 Å². The van der Waals surface area contributed by atoms with Crippen molar-refractivity contribution in [3.63, 3.8) is 0 Å². The van der Waals surface area contributed by atoms with Crippen LogP contribution < -0.4 is 0 Å². The van der Waals surface area contributed by atoms with Crippen LogP contribution in [0.15, 0.2) is 16.8 Å². The van der Waals surface area contributed by atoms with E-state index < -0.39 is 0 Å². The first-order chi connectivity index (χ1) is 5.14. The van der Waals surface area contributed by atoms with Crippen LogP contribution in [0, 0.1) is 0 Å². The van der Waals surface area contributed by atoms with Crippen molar-refractivity contribution >= 4 is 6.21 Å². The van der Waals surface area contributed by atoms with Crippen LogP contribution in [0.4, 0.5) is 0 Å². The van der Waals surface area contributed by atoms with Crippen molar-refractivity contribution in [3.8, 4) is 0 Å². The first-order valence-corrected chi connectivity index (χ1v) is 3.82. The topological polar surface area (TPSA) is 32.6 Å². The summed E-state index contributed by atoms with van der Waals surface area (Å²) in [4.78, 5) is 0. The molecule has 0 saturated carbocycles. The molecule has 11 heavy (non-hydrogen) atoms. The number of rotatable bonds is 1. The van der Waals surface area contributed by atoms with Gasteiger partial charge in [0.25, 0.3) is 0 Å². The van der Waals surface area contributed by atoms with Crippen LogP contribution in [0.2, 0.25) is 0 Å². The molecule has 1 N–H and O–H groups in total. The highest BCUT2D eigenvalue weighted by Crippen LogP contribution is 2.11. The van der Waals surface area contributed by atoms with Gasteiger partial charge in [0, 0.05) is 12.0 Å². The molecular weight excluding hydrogens is 140 g/mol. The van der Waals surface area contributed by atoms with Crippen LogP contribution >= 0.6 is 0 Å². The van der Waals surface area contributed by atoms with Crippen molar-refractivity contribution in [2.75, 3.05) is 27.2 Å². The lowest BCUT2D eigenvalue weighted by molar-refractivity contribution is -0.886. The molecule has 0 aromatic heterocycles. The third-order valence-corrected chi connectivity index (χ3v) is 1.98. The van der Waals surface area contributed by atoms with Gasteiger partial charge in [0.15, 0.2) is 0 Å². The van der Waals surface area contributed by atoms with Crippen molar-refractivity contribution in [2.45, 2.75) is 6.42 Å². The molecule has 0 aliphatic carbocycles. The normalized spacial score (nSPS) is 23.6. The van der Waals surface area contributed by atoms with E-state index in [1.165, 1.54) is 12.8 Å². The first-order valence-electron chi connectivity index (χ1n) is 3.82. The van der Waals surface area contributed by atoms with Crippen LogP contribution in [0.25, 0.3) is 0 Å². The van der Waals surface area contributed by atoms with Crippen LogP contribution in [0.1, 0.15) is 6.42 Å². The maximum atomic E-state index is 8.31. The highest BCUT2D eigenvalue weighted by molar-refractivity contribution is 5.78. The van der Waals surface area contributed by atoms with Gasteiger partial charge in [-0.05, 0) is 0 Å². The van der Waals surface area contributed by atoms with E-state index in [4.69, 9.17) is 5.21 Å². The number of hydrogen-bond acceptors (Lipinski definition) is 2. The second-order valence-electron chi connectivity index (χ2n) is 3.63. The minimum atomic E-state index is 0.962. The summed E-state index contributed by atoms with van der Waals surface area (Å²) in [5.74, 6) is 0. The molecule has 0 aromatic carbocycles. The molecular formula is C8H15N2O+. The largest absolute Gasteiger partial charge is 0.411 e. The second kappa shape index (κ2) is 3.05. The van der Waals surface area contributed by atoms with Gasteiger partial charge >= 0.3 is 0 Å². The second-order valence-corrected chi connectivity index (χ2v) is 3.63. The van der Waals surface area contributed by atoms with Crippen molar-refractivity contribution in [1.29, 1.82) is 0 Å². The maximum absolute atomic E-state index is 8.31. The van der Waals surface area contributed by atoms with E-state index in [1.54, 1.807) is 0 Å². The lowest BCUT2D eigenvalue weighted by Gasteiger charge is -2.32. The molecule has 1 aliphatic rings. The Balaban J connectivity index is 2.63. The molecule has 3 nitrogen and oxygen atoms in total. The maximum Gasteiger partial charge on any atom is 0.105 e. The minimum absolute atomic E-state index is 0.962. The minimum Gasteiger partial charge on any atom is -0.411 e. The fourth-order valence-electron chi connectivity index (χ4n) is 1.40. The number of likely N-dealkylation sites (N-methyl/N-ethyl adjacent to an activating group) is 1. The zero-order valence-electron chi connectivity index (χ0n) is 7.12. The van der Waals surface area contributed by atoms with Crippen LogP contribution in [0.3, 0.4) is 0 Å². The van der Waals surface area contributed by atoms with Gasteiger partial charge in [-0.15, -0.1) is 0 Å². The number of quaternary nitrogens is 1. The molecule has 1 heterocycles. The molecule has 0 spiro atoms. The molecule has 0 fully saturated rings. The molecule has 0 atom stereocenters. The third-order valence-electron chi connectivity index (χ3n) is 1.98. The summed E-state index contributed by atoms with van der Waals surface area (Å²) in [5.41, 5.74) is 1.13. The Kier molecular flexibility index (Phi) is 2.29. The SMILES string of the molecule is C[N+]1(C)CCC=C(/C=N/O)C1. The summed E-state index contributed by atoms with van der Waals surface area (Å²) in [6.45, 7) is 2.13. The molecule has 3 heteroatoms. The van der Waals surface area contributed by atoms with Crippen molar-refractivity contribution in [1.82, 2.24) is 0 Å². The molecule has 0 amide bonds. The first kappa shape index (κ1) is 8.27. The summed E-state index contributed by atoms with van der Waals surface area (Å²) in [6, 6.07) is 0. The van der Waals surface area contributed by atoms with Gasteiger partial charge < -0.3 is 9.69 Å². The predicted octanol–water partition coefficient (Wildman–Crippen LogP) is 0.853. The number of oxime groups is 1. The zero-order valence-corrected chi connectivity index (χ0v) is 7.12. The Morgan fingerprint density at radius 3 is 2.91 bits per heavy atom. The third kappa shape index (κ3) is 2.35. The number of nitrogens with zero attached hydrogens (tertiary/aromatic N) is 2. The Hall–Kier alpha value is -0.830. The van der Waals surface area contributed by atoms with Crippen molar-refractivity contribution in [2.24, 2.45) is 5.16 Å². The Morgan fingerprint density at radius 2 is 2.36 bits per heavy atom. The lowest BCUT2D eigenvalue weighted by atomic mass is 10.1. The van der Waals surface area contributed by atoms with Gasteiger partial charge in [-0.25, -0.2) is 0 Å². The summed E-state index contributed by atoms with van der Waals surface area (Å²) in [7, 11) is 4.36. The van der Waals surface area contributed by atoms with Gasteiger partial charge in [-0.2, -0.15) is 0 Å². The van der Waals surface area contributed by atoms with E-state index in [1.807, 2.05) is 0 Å². The quantitative estimate of drug-likeness (QED) is 0.259. The average Bonchev–Trinajstić information content (AvgIpc) is 1.85. The van der Waals surface area contributed by atoms with Gasteiger partial charge in [0.05, 0.1) is 26.9 Å². The van der Waals surface area contributed by atoms with Crippen LogP contribution in [-0.4, -0.2) is 43.1 Å². The van der Waals surface area contributed by atoms with E-state index in [-0.39, 0.29) is 0 Å². The Morgan fingerprint density at radius 1 is 1.64 bits per heavy atom. The van der Waals surface area contributed by atoms with Gasteiger partial charge in [-0.3, -0.25) is 0 Å². The monoisotopic (exact) mass is 155 g/mol. The van der Waals surface area contributed by atoms with Crippen LogP contribution in [-0.2, 0) is 0 Å². The van der Waals surface area contributed by atoms with Gasteiger partial charge in [-0.1, -0.05) is 11.2 Å². The summed E-state index contributed by atoms with van der Waals surface area (Å²) < 4.78 is 0.984. The Labute approximate surface area is 67.2 Å². The summed E-state index contributed by atoms with van der Waals surface area (Å²) >= 11 is 0. The van der Waals surface area contributed by atoms with Crippen molar-refractivity contribution < 1.29 is 9.69 Å². The predicted molar refractivity (Wildman–Crippen MR) is 44.8 cm³/mol. The van der Waals surface area contributed by atoms with E-state index in [0.717, 1.165) is 23.0 Å². The molecule has 0 aromatic rings. The molecule has 0 radical (unpaired) electrons. The summed E-state index contributed by atoms with van der Waals surface area (Å²) in [6.07, 6.45) is 4.73. The standard InChI is InChI=1S/C8H14N2O/c1-10(2)5-3-4-8(7-10)6-9-11/h4,6H,3,5,7H2,1-2H3/p+1/b9-6+. The molecule has 1 aliphatic heterocycles. The van der Waals surface area contributed by atoms with Gasteiger partial charge in [0.2, 0.25) is 0 Å². The smallest absolute Gasteiger partial charge is 0.105 e. The fourth-order valence-corrected chi connectivity index (χ4v) is 1.40. The van der Waals surface area contributed by atoms with E-state index >= 15 is 0 Å². The Bertz CT molecular complexity index is 194. The fraction of sp³-hybridized carbons (Fsp3) is 0.625. The van der Waals surface area contributed by atoms with Crippen LogP contribution in [0.5, 0.6) is 0 Å². The summed E-state index contributed by atoms with van der Waals surface area (Å²) in [5, 5.41) is 11.3. The number of hydrogen-bond donors (Lipinski definition) is 1. The zero-order chi connectivity index (χ0) is 8.32. The molecule has 0 bridgehead atoms. The van der Waals surface area contributed by atoms with E-state index in [9.17, 15) is 0 Å². The highest BCUT2D eigenvalue weighted by atomic mass is 16.4. The lowest BCUT2D eigenvalue weighted by Crippen LogP contribution is -2.44.